The van der Waals surface area contributed by atoms with E-state index in [2.05, 4.69) is 42.3 Å². The van der Waals surface area contributed by atoms with Crippen LogP contribution in [0, 0.1) is 0 Å². The van der Waals surface area contributed by atoms with Crippen LogP contribution >= 0.6 is 0 Å². The van der Waals surface area contributed by atoms with Crippen LogP contribution in [0.25, 0.3) is 0 Å². The molecule has 1 atom stereocenters. The number of hydrogen-bond acceptors (Lipinski definition) is 3. The molecule has 1 saturated heterocycles. The molecule has 0 bridgehead atoms. The van der Waals surface area contributed by atoms with Gasteiger partial charge >= 0.3 is 0 Å². The molecule has 0 saturated carbocycles. The van der Waals surface area contributed by atoms with Gasteiger partial charge in [-0.2, -0.15) is 0 Å². The van der Waals surface area contributed by atoms with Crippen LogP contribution < -0.4 is 10.1 Å². The van der Waals surface area contributed by atoms with E-state index in [0.717, 1.165) is 31.9 Å². The van der Waals surface area contributed by atoms with E-state index in [1.54, 1.807) is 0 Å². The molecular formula is C17H26N2O. The highest BCUT2D eigenvalue weighted by molar-refractivity contribution is 5.58. The number of hydrogen-bond donors (Lipinski definition) is 1. The molecule has 0 amide bonds. The number of piperidine rings is 1. The lowest BCUT2D eigenvalue weighted by Gasteiger charge is -2.44. The SMILES string of the molecule is CCN1CCCCC1(C)COc1ccc2c(c1)NCC2. The second kappa shape index (κ2) is 5.65. The Bertz CT molecular complexity index is 474. The zero-order chi connectivity index (χ0) is 14.0. The fourth-order valence-electron chi connectivity index (χ4n) is 3.54. The lowest BCUT2D eigenvalue weighted by Crippen LogP contribution is -2.53. The second-order valence-corrected chi connectivity index (χ2v) is 6.32. The first-order chi connectivity index (χ1) is 9.71. The van der Waals surface area contributed by atoms with Gasteiger partial charge in [0.15, 0.2) is 0 Å². The maximum absolute atomic E-state index is 6.12. The first kappa shape index (κ1) is 13.7. The zero-order valence-corrected chi connectivity index (χ0v) is 12.7. The van der Waals surface area contributed by atoms with Gasteiger partial charge < -0.3 is 10.1 Å². The van der Waals surface area contributed by atoms with E-state index in [0.29, 0.717) is 0 Å². The average Bonchev–Trinajstić information content (AvgIpc) is 2.93. The van der Waals surface area contributed by atoms with Crippen molar-refractivity contribution in [3.63, 3.8) is 0 Å². The van der Waals surface area contributed by atoms with E-state index in [-0.39, 0.29) is 5.54 Å². The monoisotopic (exact) mass is 274 g/mol. The van der Waals surface area contributed by atoms with E-state index in [1.807, 2.05) is 0 Å². The summed E-state index contributed by atoms with van der Waals surface area (Å²) in [6.45, 7) is 8.78. The minimum Gasteiger partial charge on any atom is -0.492 e. The number of fused-ring (bicyclic) bond motifs is 1. The third kappa shape index (κ3) is 2.64. The van der Waals surface area contributed by atoms with Crippen molar-refractivity contribution in [3.8, 4) is 5.75 Å². The van der Waals surface area contributed by atoms with Crippen LogP contribution in [0.2, 0.25) is 0 Å². The Morgan fingerprint density at radius 2 is 2.25 bits per heavy atom. The summed E-state index contributed by atoms with van der Waals surface area (Å²) in [7, 11) is 0. The molecule has 1 aromatic carbocycles. The highest BCUT2D eigenvalue weighted by Crippen LogP contribution is 2.31. The molecule has 20 heavy (non-hydrogen) atoms. The van der Waals surface area contributed by atoms with Gasteiger partial charge in [0.2, 0.25) is 0 Å². The molecule has 0 spiro atoms. The average molecular weight is 274 g/mol. The maximum Gasteiger partial charge on any atom is 0.121 e. The van der Waals surface area contributed by atoms with Crippen LogP contribution in [-0.2, 0) is 6.42 Å². The van der Waals surface area contributed by atoms with Gasteiger partial charge in [0.25, 0.3) is 0 Å². The molecule has 1 aromatic rings. The highest BCUT2D eigenvalue weighted by atomic mass is 16.5. The molecule has 3 rings (SSSR count). The summed E-state index contributed by atoms with van der Waals surface area (Å²) in [6.07, 6.45) is 5.02. The number of benzene rings is 1. The molecular weight excluding hydrogens is 248 g/mol. The fraction of sp³-hybridized carbons (Fsp3) is 0.647. The number of nitrogens with zero attached hydrogens (tertiary/aromatic N) is 1. The molecule has 3 nitrogen and oxygen atoms in total. The smallest absolute Gasteiger partial charge is 0.121 e. The normalized spacial score (nSPS) is 26.1. The topological polar surface area (TPSA) is 24.5 Å². The Morgan fingerprint density at radius 1 is 1.35 bits per heavy atom. The van der Waals surface area contributed by atoms with Gasteiger partial charge in [0, 0.05) is 18.3 Å². The Hall–Kier alpha value is -1.22. The number of rotatable bonds is 4. The number of ether oxygens (including phenoxy) is 1. The van der Waals surface area contributed by atoms with Crippen molar-refractivity contribution in [1.29, 1.82) is 0 Å². The van der Waals surface area contributed by atoms with Crippen molar-refractivity contribution >= 4 is 5.69 Å². The van der Waals surface area contributed by atoms with Gasteiger partial charge in [0.05, 0.1) is 5.54 Å². The Morgan fingerprint density at radius 3 is 3.10 bits per heavy atom. The van der Waals surface area contributed by atoms with Crippen molar-refractivity contribution in [3.05, 3.63) is 23.8 Å². The quantitative estimate of drug-likeness (QED) is 0.911. The molecule has 1 fully saturated rings. The van der Waals surface area contributed by atoms with Crippen LogP contribution in [0.3, 0.4) is 0 Å². The summed E-state index contributed by atoms with van der Waals surface area (Å²) < 4.78 is 6.12. The molecule has 2 aliphatic heterocycles. The van der Waals surface area contributed by atoms with Crippen LogP contribution in [0.1, 0.15) is 38.7 Å². The lowest BCUT2D eigenvalue weighted by molar-refractivity contribution is 0.0250. The van der Waals surface area contributed by atoms with Crippen molar-refractivity contribution in [2.75, 3.05) is 31.6 Å². The molecule has 1 N–H and O–H groups in total. The van der Waals surface area contributed by atoms with Gasteiger partial charge in [-0.25, -0.2) is 0 Å². The van der Waals surface area contributed by atoms with Crippen LogP contribution in [0.4, 0.5) is 5.69 Å². The third-order valence-corrected chi connectivity index (χ3v) is 4.88. The van der Waals surface area contributed by atoms with Gasteiger partial charge in [-0.1, -0.05) is 19.4 Å². The summed E-state index contributed by atoms with van der Waals surface area (Å²) in [5.41, 5.74) is 2.86. The van der Waals surface area contributed by atoms with Crippen molar-refractivity contribution in [2.24, 2.45) is 0 Å². The van der Waals surface area contributed by atoms with E-state index >= 15 is 0 Å². The highest BCUT2D eigenvalue weighted by Gasteiger charge is 2.34. The first-order valence-electron chi connectivity index (χ1n) is 7.96. The molecule has 110 valence electrons. The van der Waals surface area contributed by atoms with Crippen LogP contribution in [-0.4, -0.2) is 36.7 Å². The van der Waals surface area contributed by atoms with Gasteiger partial charge in [-0.05, 0) is 50.9 Å². The number of likely N-dealkylation sites (N-methyl/N-ethyl adjacent to an activating group) is 1. The van der Waals surface area contributed by atoms with Gasteiger partial charge in [-0.15, -0.1) is 0 Å². The first-order valence-corrected chi connectivity index (χ1v) is 7.96. The zero-order valence-electron chi connectivity index (χ0n) is 12.7. The Kier molecular flexibility index (Phi) is 3.88. The van der Waals surface area contributed by atoms with E-state index < -0.39 is 0 Å². The summed E-state index contributed by atoms with van der Waals surface area (Å²) in [5, 5.41) is 3.42. The Balaban J connectivity index is 1.66. The largest absolute Gasteiger partial charge is 0.492 e. The third-order valence-electron chi connectivity index (χ3n) is 4.88. The maximum atomic E-state index is 6.12. The predicted molar refractivity (Wildman–Crippen MR) is 83.6 cm³/mol. The van der Waals surface area contributed by atoms with E-state index in [9.17, 15) is 0 Å². The lowest BCUT2D eigenvalue weighted by atomic mass is 9.89. The minimum absolute atomic E-state index is 0.194. The summed E-state index contributed by atoms with van der Waals surface area (Å²) in [5.74, 6) is 1.00. The minimum atomic E-state index is 0.194. The van der Waals surface area contributed by atoms with E-state index in [4.69, 9.17) is 4.74 Å². The van der Waals surface area contributed by atoms with Crippen LogP contribution in [0.15, 0.2) is 18.2 Å². The number of nitrogens with one attached hydrogen (secondary N) is 1. The van der Waals surface area contributed by atoms with Crippen molar-refractivity contribution < 1.29 is 4.74 Å². The van der Waals surface area contributed by atoms with E-state index in [1.165, 1.54) is 37.1 Å². The molecule has 3 heteroatoms. The van der Waals surface area contributed by atoms with Gasteiger partial charge in [-0.3, -0.25) is 4.90 Å². The summed E-state index contributed by atoms with van der Waals surface area (Å²) in [4.78, 5) is 2.57. The number of likely N-dealkylation sites (tertiary alicyclic amines) is 1. The fourth-order valence-corrected chi connectivity index (χ4v) is 3.54. The molecule has 0 aromatic heterocycles. The molecule has 2 heterocycles. The number of anilines is 1. The second-order valence-electron chi connectivity index (χ2n) is 6.32. The molecule has 0 aliphatic carbocycles. The van der Waals surface area contributed by atoms with Crippen LogP contribution in [0.5, 0.6) is 5.75 Å². The molecule has 0 radical (unpaired) electrons. The van der Waals surface area contributed by atoms with Crippen molar-refractivity contribution in [2.45, 2.75) is 45.1 Å². The van der Waals surface area contributed by atoms with Crippen molar-refractivity contribution in [1.82, 2.24) is 4.90 Å². The standard InChI is InChI=1S/C17H26N2O/c1-3-19-11-5-4-9-17(19,2)13-20-15-7-6-14-8-10-18-16(14)12-15/h6-7,12,18H,3-5,8-11,13H2,1-2H3. The molecule has 2 aliphatic rings. The predicted octanol–water partition coefficient (Wildman–Crippen LogP) is 3.30. The molecule has 1 unspecified atom stereocenters. The summed E-state index contributed by atoms with van der Waals surface area (Å²) in [6, 6.07) is 6.48. The van der Waals surface area contributed by atoms with Gasteiger partial charge in [0.1, 0.15) is 12.4 Å². The Labute approximate surface area is 122 Å². The summed E-state index contributed by atoms with van der Waals surface area (Å²) >= 11 is 0.